The summed E-state index contributed by atoms with van der Waals surface area (Å²) in [5, 5.41) is 10.4. The van der Waals surface area contributed by atoms with Gasteiger partial charge in [0.15, 0.2) is 5.96 Å². The number of anilines is 1. The molecule has 0 amide bonds. The fourth-order valence-electron chi connectivity index (χ4n) is 2.97. The van der Waals surface area contributed by atoms with Gasteiger partial charge in [0.2, 0.25) is 0 Å². The Morgan fingerprint density at radius 3 is 2.58 bits per heavy atom. The Bertz CT molecular complexity index is 707. The fourth-order valence-corrected chi connectivity index (χ4v) is 4.78. The van der Waals surface area contributed by atoms with E-state index in [9.17, 15) is 0 Å². The van der Waals surface area contributed by atoms with Crippen LogP contribution in [0, 0.1) is 0 Å². The molecule has 0 atom stereocenters. The minimum absolute atomic E-state index is 0.125. The molecule has 0 spiro atoms. The van der Waals surface area contributed by atoms with Crippen LogP contribution in [0.5, 0.6) is 0 Å². The SMILES string of the molecule is CN=C(NCCc1nc(C(C)(C)C)cs1)N1CCN(c2cccs2)CC1. The zero-order valence-electron chi connectivity index (χ0n) is 16.2. The van der Waals surface area contributed by atoms with Crippen LogP contribution >= 0.6 is 22.7 Å². The van der Waals surface area contributed by atoms with Crippen LogP contribution < -0.4 is 10.2 Å². The Morgan fingerprint density at radius 2 is 2.00 bits per heavy atom. The number of hydrogen-bond donors (Lipinski definition) is 1. The largest absolute Gasteiger partial charge is 0.360 e. The van der Waals surface area contributed by atoms with E-state index in [4.69, 9.17) is 4.98 Å². The molecule has 0 aromatic carbocycles. The number of guanidine groups is 1. The zero-order valence-corrected chi connectivity index (χ0v) is 17.8. The lowest BCUT2D eigenvalue weighted by atomic mass is 9.93. The van der Waals surface area contributed by atoms with E-state index >= 15 is 0 Å². The fraction of sp³-hybridized carbons (Fsp3) is 0.579. The van der Waals surface area contributed by atoms with Crippen molar-refractivity contribution in [3.8, 4) is 0 Å². The molecule has 2 aromatic rings. The van der Waals surface area contributed by atoms with Crippen LogP contribution in [0.3, 0.4) is 0 Å². The summed E-state index contributed by atoms with van der Waals surface area (Å²) in [6.45, 7) is 11.6. The first-order chi connectivity index (χ1) is 12.5. The van der Waals surface area contributed by atoms with Crippen molar-refractivity contribution >= 4 is 33.6 Å². The van der Waals surface area contributed by atoms with E-state index in [2.05, 4.69) is 63.8 Å². The molecule has 1 aliphatic heterocycles. The van der Waals surface area contributed by atoms with Crippen molar-refractivity contribution < 1.29 is 0 Å². The van der Waals surface area contributed by atoms with Crippen LogP contribution in [0.4, 0.5) is 5.00 Å². The second-order valence-electron chi connectivity index (χ2n) is 7.53. The van der Waals surface area contributed by atoms with Gasteiger partial charge < -0.3 is 15.1 Å². The summed E-state index contributed by atoms with van der Waals surface area (Å²) in [6.07, 6.45) is 0.939. The molecule has 1 saturated heterocycles. The normalized spacial score (nSPS) is 16.2. The van der Waals surface area contributed by atoms with Crippen molar-refractivity contribution in [2.24, 2.45) is 4.99 Å². The van der Waals surface area contributed by atoms with Crippen molar-refractivity contribution in [2.45, 2.75) is 32.6 Å². The van der Waals surface area contributed by atoms with Gasteiger partial charge in [-0.2, -0.15) is 0 Å². The quantitative estimate of drug-likeness (QED) is 0.640. The maximum absolute atomic E-state index is 4.77. The van der Waals surface area contributed by atoms with E-state index in [0.29, 0.717) is 0 Å². The van der Waals surface area contributed by atoms with Gasteiger partial charge in [0.05, 0.1) is 15.7 Å². The molecule has 26 heavy (non-hydrogen) atoms. The lowest BCUT2D eigenvalue weighted by Crippen LogP contribution is -2.52. The van der Waals surface area contributed by atoms with Crippen LogP contribution in [0.2, 0.25) is 0 Å². The molecular weight excluding hydrogens is 362 g/mol. The van der Waals surface area contributed by atoms with Crippen molar-refractivity contribution in [3.05, 3.63) is 33.6 Å². The van der Waals surface area contributed by atoms with Gasteiger partial charge in [-0.05, 0) is 17.5 Å². The highest BCUT2D eigenvalue weighted by atomic mass is 32.1. The Morgan fingerprint density at radius 1 is 1.23 bits per heavy atom. The van der Waals surface area contributed by atoms with Crippen LogP contribution in [-0.4, -0.2) is 55.6 Å². The molecule has 0 aliphatic carbocycles. The third-order valence-electron chi connectivity index (χ3n) is 4.55. The molecule has 3 heterocycles. The molecule has 0 unspecified atom stereocenters. The van der Waals surface area contributed by atoms with E-state index in [1.54, 1.807) is 11.3 Å². The molecule has 1 N–H and O–H groups in total. The molecule has 5 nitrogen and oxygen atoms in total. The van der Waals surface area contributed by atoms with Crippen LogP contribution in [0.1, 0.15) is 31.5 Å². The summed E-state index contributed by atoms with van der Waals surface area (Å²) in [6, 6.07) is 4.32. The van der Waals surface area contributed by atoms with E-state index in [0.717, 1.165) is 45.1 Å². The van der Waals surface area contributed by atoms with E-state index in [1.165, 1.54) is 15.7 Å². The molecule has 0 bridgehead atoms. The van der Waals surface area contributed by atoms with Crippen LogP contribution in [0.15, 0.2) is 27.9 Å². The van der Waals surface area contributed by atoms with Crippen molar-refractivity contribution in [1.29, 1.82) is 0 Å². The smallest absolute Gasteiger partial charge is 0.193 e. The third kappa shape index (κ3) is 4.76. The average Bonchev–Trinajstić information content (AvgIpc) is 3.30. The topological polar surface area (TPSA) is 43.8 Å². The van der Waals surface area contributed by atoms with Gasteiger partial charge in [0, 0.05) is 57.0 Å². The summed E-state index contributed by atoms with van der Waals surface area (Å²) in [4.78, 5) is 14.1. The number of aliphatic imine (C=N–C) groups is 1. The summed E-state index contributed by atoms with van der Waals surface area (Å²) in [5.74, 6) is 1.00. The maximum Gasteiger partial charge on any atom is 0.193 e. The van der Waals surface area contributed by atoms with Gasteiger partial charge in [-0.3, -0.25) is 4.99 Å². The summed E-state index contributed by atoms with van der Waals surface area (Å²) in [5.41, 5.74) is 1.31. The second-order valence-corrected chi connectivity index (χ2v) is 9.39. The predicted molar refractivity (Wildman–Crippen MR) is 114 cm³/mol. The Hall–Kier alpha value is -1.60. The molecule has 1 aliphatic rings. The first-order valence-corrected chi connectivity index (χ1v) is 10.9. The monoisotopic (exact) mass is 391 g/mol. The number of nitrogens with one attached hydrogen (secondary N) is 1. The lowest BCUT2D eigenvalue weighted by molar-refractivity contribution is 0.374. The minimum atomic E-state index is 0.125. The van der Waals surface area contributed by atoms with Gasteiger partial charge in [-0.25, -0.2) is 4.98 Å². The Kier molecular flexibility index (Phi) is 6.19. The molecule has 7 heteroatoms. The number of hydrogen-bond acceptors (Lipinski definition) is 5. The van der Waals surface area contributed by atoms with E-state index in [-0.39, 0.29) is 5.41 Å². The molecule has 142 valence electrons. The summed E-state index contributed by atoms with van der Waals surface area (Å²) >= 11 is 3.58. The molecular formula is C19H29N5S2. The molecule has 1 fully saturated rings. The average molecular weight is 392 g/mol. The molecule has 0 saturated carbocycles. The lowest BCUT2D eigenvalue weighted by Gasteiger charge is -2.37. The number of thiophene rings is 1. The number of aromatic nitrogens is 1. The first kappa shape index (κ1) is 19.2. The highest BCUT2D eigenvalue weighted by Gasteiger charge is 2.20. The maximum atomic E-state index is 4.77. The summed E-state index contributed by atoms with van der Waals surface area (Å²) < 4.78 is 0. The van der Waals surface area contributed by atoms with Crippen molar-refractivity contribution in [2.75, 3.05) is 44.7 Å². The Balaban J connectivity index is 1.46. The number of rotatable bonds is 4. The zero-order chi connectivity index (χ0) is 18.6. The highest BCUT2D eigenvalue weighted by Crippen LogP contribution is 2.24. The molecule has 3 rings (SSSR count). The molecule has 2 aromatic heterocycles. The third-order valence-corrected chi connectivity index (χ3v) is 6.39. The van der Waals surface area contributed by atoms with Gasteiger partial charge in [0.25, 0.3) is 0 Å². The number of piperazine rings is 1. The number of thiazole rings is 1. The standard InChI is InChI=1S/C19H29N5S2/c1-19(2,3)15-14-26-16(22-15)7-8-21-18(20-4)24-11-9-23(10-12-24)17-6-5-13-25-17/h5-6,13-14H,7-12H2,1-4H3,(H,20,21). The van der Waals surface area contributed by atoms with Crippen LogP contribution in [-0.2, 0) is 11.8 Å². The minimum Gasteiger partial charge on any atom is -0.360 e. The van der Waals surface area contributed by atoms with Gasteiger partial charge in [0.1, 0.15) is 0 Å². The van der Waals surface area contributed by atoms with Gasteiger partial charge in [-0.1, -0.05) is 20.8 Å². The second kappa shape index (κ2) is 8.39. The predicted octanol–water partition coefficient (Wildman–Crippen LogP) is 3.44. The van der Waals surface area contributed by atoms with E-state index < -0.39 is 0 Å². The number of nitrogens with zero attached hydrogens (tertiary/aromatic N) is 4. The van der Waals surface area contributed by atoms with E-state index in [1.807, 2.05) is 18.4 Å². The van der Waals surface area contributed by atoms with Crippen LogP contribution in [0.25, 0.3) is 0 Å². The highest BCUT2D eigenvalue weighted by molar-refractivity contribution is 7.14. The summed E-state index contributed by atoms with van der Waals surface area (Å²) in [7, 11) is 1.87. The Labute approximate surface area is 164 Å². The first-order valence-electron chi connectivity index (χ1n) is 9.16. The van der Waals surface area contributed by atoms with Gasteiger partial charge >= 0.3 is 0 Å². The van der Waals surface area contributed by atoms with Gasteiger partial charge in [-0.15, -0.1) is 22.7 Å². The van der Waals surface area contributed by atoms with Crippen molar-refractivity contribution in [3.63, 3.8) is 0 Å². The van der Waals surface area contributed by atoms with Crippen molar-refractivity contribution in [1.82, 2.24) is 15.2 Å². The molecule has 0 radical (unpaired) electrons.